The van der Waals surface area contributed by atoms with Crippen molar-refractivity contribution in [3.8, 4) is 0 Å². The van der Waals surface area contributed by atoms with Crippen LogP contribution in [0.25, 0.3) is 0 Å². The van der Waals surface area contributed by atoms with Crippen LogP contribution in [0, 0.1) is 5.82 Å². The van der Waals surface area contributed by atoms with Gasteiger partial charge in [-0.1, -0.05) is 6.07 Å². The summed E-state index contributed by atoms with van der Waals surface area (Å²) in [6, 6.07) is 5.03. The van der Waals surface area contributed by atoms with Crippen LogP contribution in [-0.4, -0.2) is 34.8 Å². The monoisotopic (exact) mass is 285 g/mol. The molecule has 0 saturated heterocycles. The summed E-state index contributed by atoms with van der Waals surface area (Å²) in [6.45, 7) is 5.72. The highest BCUT2D eigenvalue weighted by Gasteiger charge is 2.21. The summed E-state index contributed by atoms with van der Waals surface area (Å²) in [7, 11) is 0. The summed E-state index contributed by atoms with van der Waals surface area (Å²) >= 11 is 1.36. The number of rotatable bonds is 6. The molecule has 3 nitrogen and oxygen atoms in total. The molecule has 1 atom stereocenters. The average Bonchev–Trinajstić information content (AvgIpc) is 2.34. The molecule has 0 aliphatic rings. The van der Waals surface area contributed by atoms with Crippen LogP contribution in [-0.2, 0) is 4.79 Å². The maximum Gasteiger partial charge on any atom is 0.317 e. The molecule has 0 spiro atoms. The van der Waals surface area contributed by atoms with E-state index in [1.807, 2.05) is 38.0 Å². The number of halogens is 1. The van der Waals surface area contributed by atoms with Crippen molar-refractivity contribution < 1.29 is 14.3 Å². The van der Waals surface area contributed by atoms with E-state index in [1.165, 1.54) is 17.8 Å². The van der Waals surface area contributed by atoms with Gasteiger partial charge < -0.3 is 5.11 Å². The summed E-state index contributed by atoms with van der Waals surface area (Å²) in [5, 5.41) is 8.95. The number of carbonyl (C=O) groups is 1. The number of carboxylic acids is 1. The summed E-state index contributed by atoms with van der Waals surface area (Å²) in [5.74, 6) is -1.13. The second-order valence-electron chi connectivity index (χ2n) is 4.73. The molecule has 1 aromatic rings. The zero-order chi connectivity index (χ0) is 14.6. The Balaban J connectivity index is 2.99. The molecule has 0 fully saturated rings. The Hall–Kier alpha value is -1.07. The van der Waals surface area contributed by atoms with E-state index in [-0.39, 0.29) is 24.4 Å². The molecule has 0 saturated carbocycles. The Kier molecular flexibility index (Phi) is 5.82. The third-order valence-electron chi connectivity index (χ3n) is 3.14. The molecule has 5 heteroatoms. The Morgan fingerprint density at radius 3 is 2.47 bits per heavy atom. The highest BCUT2D eigenvalue weighted by atomic mass is 32.2. The number of carboxylic acid groups (broad SMARTS) is 1. The standard InChI is InChI=1S/C14H20FNO2S/c1-9(2)16(8-14(17)18)10(3)11-5-6-13(19-4)12(15)7-11/h5-7,9-10H,8H2,1-4H3,(H,17,18). The maximum absolute atomic E-state index is 13.8. The van der Waals surface area contributed by atoms with Gasteiger partial charge in [0.2, 0.25) is 0 Å². The van der Waals surface area contributed by atoms with Crippen molar-refractivity contribution in [2.75, 3.05) is 12.8 Å². The second-order valence-corrected chi connectivity index (χ2v) is 5.58. The highest BCUT2D eigenvalue weighted by Crippen LogP contribution is 2.27. The molecule has 1 N–H and O–H groups in total. The minimum Gasteiger partial charge on any atom is -0.480 e. The van der Waals surface area contributed by atoms with Crippen molar-refractivity contribution in [2.45, 2.75) is 37.8 Å². The van der Waals surface area contributed by atoms with Gasteiger partial charge in [0.1, 0.15) is 5.82 Å². The minimum atomic E-state index is -0.873. The van der Waals surface area contributed by atoms with Gasteiger partial charge in [0.05, 0.1) is 6.54 Å². The lowest BCUT2D eigenvalue weighted by Crippen LogP contribution is -2.37. The van der Waals surface area contributed by atoms with Gasteiger partial charge in [-0.3, -0.25) is 9.69 Å². The first kappa shape index (κ1) is 16.0. The average molecular weight is 285 g/mol. The SMILES string of the molecule is CSc1ccc(C(C)N(CC(=O)O)C(C)C)cc1F. The quantitative estimate of drug-likeness (QED) is 0.813. The van der Waals surface area contributed by atoms with Crippen molar-refractivity contribution in [1.82, 2.24) is 4.90 Å². The summed E-state index contributed by atoms with van der Waals surface area (Å²) in [5.41, 5.74) is 0.797. The molecule has 0 amide bonds. The van der Waals surface area contributed by atoms with Crippen LogP contribution in [0.4, 0.5) is 4.39 Å². The lowest BCUT2D eigenvalue weighted by molar-refractivity contribution is -0.139. The van der Waals surface area contributed by atoms with Gasteiger partial charge in [-0.15, -0.1) is 11.8 Å². The molecule has 0 bridgehead atoms. The molecule has 0 aromatic heterocycles. The van der Waals surface area contributed by atoms with Crippen molar-refractivity contribution in [2.24, 2.45) is 0 Å². The van der Waals surface area contributed by atoms with E-state index in [0.717, 1.165) is 5.56 Å². The lowest BCUT2D eigenvalue weighted by atomic mass is 10.1. The number of hydrogen-bond acceptors (Lipinski definition) is 3. The summed E-state index contributed by atoms with van der Waals surface area (Å²) < 4.78 is 13.8. The van der Waals surface area contributed by atoms with Crippen molar-refractivity contribution >= 4 is 17.7 Å². The molecule has 1 rings (SSSR count). The van der Waals surface area contributed by atoms with Crippen molar-refractivity contribution in [3.05, 3.63) is 29.6 Å². The summed E-state index contributed by atoms with van der Waals surface area (Å²) in [6.07, 6.45) is 1.83. The Morgan fingerprint density at radius 2 is 2.05 bits per heavy atom. The molecule has 0 aliphatic carbocycles. The summed E-state index contributed by atoms with van der Waals surface area (Å²) in [4.78, 5) is 13.3. The van der Waals surface area contributed by atoms with E-state index in [1.54, 1.807) is 6.07 Å². The van der Waals surface area contributed by atoms with Gasteiger partial charge in [-0.25, -0.2) is 4.39 Å². The van der Waals surface area contributed by atoms with Crippen LogP contribution in [0.2, 0.25) is 0 Å². The van der Waals surface area contributed by atoms with E-state index in [9.17, 15) is 9.18 Å². The van der Waals surface area contributed by atoms with Crippen LogP contribution in [0.15, 0.2) is 23.1 Å². The fraction of sp³-hybridized carbons (Fsp3) is 0.500. The molecular formula is C14H20FNO2S. The van der Waals surface area contributed by atoms with Gasteiger partial charge in [-0.2, -0.15) is 0 Å². The Morgan fingerprint density at radius 1 is 1.42 bits per heavy atom. The Bertz CT molecular complexity index is 451. The van der Waals surface area contributed by atoms with Gasteiger partial charge >= 0.3 is 5.97 Å². The molecular weight excluding hydrogens is 265 g/mol. The number of hydrogen-bond donors (Lipinski definition) is 1. The van der Waals surface area contributed by atoms with Crippen LogP contribution >= 0.6 is 11.8 Å². The van der Waals surface area contributed by atoms with E-state index in [2.05, 4.69) is 0 Å². The van der Waals surface area contributed by atoms with Crippen LogP contribution < -0.4 is 0 Å². The predicted octanol–water partition coefficient (Wildman–Crippen LogP) is 3.40. The molecule has 19 heavy (non-hydrogen) atoms. The van der Waals surface area contributed by atoms with Crippen LogP contribution in [0.5, 0.6) is 0 Å². The number of benzene rings is 1. The first-order valence-electron chi connectivity index (χ1n) is 6.17. The highest BCUT2D eigenvalue weighted by molar-refractivity contribution is 7.98. The van der Waals surface area contributed by atoms with Gasteiger partial charge in [0.25, 0.3) is 0 Å². The zero-order valence-electron chi connectivity index (χ0n) is 11.7. The zero-order valence-corrected chi connectivity index (χ0v) is 12.5. The molecule has 1 unspecified atom stereocenters. The first-order valence-corrected chi connectivity index (χ1v) is 7.40. The molecule has 0 heterocycles. The van der Waals surface area contributed by atoms with E-state index < -0.39 is 5.97 Å². The van der Waals surface area contributed by atoms with Crippen molar-refractivity contribution in [3.63, 3.8) is 0 Å². The minimum absolute atomic E-state index is 0.0509. The topological polar surface area (TPSA) is 40.5 Å². The predicted molar refractivity (Wildman–Crippen MR) is 76.1 cm³/mol. The van der Waals surface area contributed by atoms with E-state index in [0.29, 0.717) is 4.90 Å². The second kappa shape index (κ2) is 6.91. The van der Waals surface area contributed by atoms with E-state index >= 15 is 0 Å². The normalized spacial score (nSPS) is 13.0. The molecule has 106 valence electrons. The van der Waals surface area contributed by atoms with Crippen molar-refractivity contribution in [1.29, 1.82) is 0 Å². The third kappa shape index (κ3) is 4.21. The molecule has 0 radical (unpaired) electrons. The fourth-order valence-electron chi connectivity index (χ4n) is 2.06. The molecule has 0 aliphatic heterocycles. The third-order valence-corrected chi connectivity index (χ3v) is 3.91. The largest absolute Gasteiger partial charge is 0.480 e. The number of nitrogens with zero attached hydrogens (tertiary/aromatic N) is 1. The van der Waals surface area contributed by atoms with Gasteiger partial charge in [0.15, 0.2) is 0 Å². The van der Waals surface area contributed by atoms with Gasteiger partial charge in [0, 0.05) is 17.0 Å². The van der Waals surface area contributed by atoms with Gasteiger partial charge in [-0.05, 0) is 44.7 Å². The first-order chi connectivity index (χ1) is 8.86. The van der Waals surface area contributed by atoms with Crippen LogP contribution in [0.1, 0.15) is 32.4 Å². The van der Waals surface area contributed by atoms with E-state index in [4.69, 9.17) is 5.11 Å². The smallest absolute Gasteiger partial charge is 0.317 e. The fourth-order valence-corrected chi connectivity index (χ4v) is 2.51. The lowest BCUT2D eigenvalue weighted by Gasteiger charge is -2.31. The molecule has 1 aromatic carbocycles. The number of aliphatic carboxylic acids is 1. The number of thioether (sulfide) groups is 1. The van der Waals surface area contributed by atoms with Crippen LogP contribution in [0.3, 0.4) is 0 Å². The maximum atomic E-state index is 13.8. The Labute approximate surface area is 117 Å².